The summed E-state index contributed by atoms with van der Waals surface area (Å²) in [7, 11) is 0. The summed E-state index contributed by atoms with van der Waals surface area (Å²) in [5.41, 5.74) is 1.34. The average molecular weight is 288 g/mol. The summed E-state index contributed by atoms with van der Waals surface area (Å²) in [5.74, 6) is 2.92. The summed E-state index contributed by atoms with van der Waals surface area (Å²) in [4.78, 5) is 13.7. The van der Waals surface area contributed by atoms with Gasteiger partial charge in [0.05, 0.1) is 5.69 Å². The molecule has 0 radical (unpaired) electrons. The van der Waals surface area contributed by atoms with Crippen LogP contribution in [0.4, 0.5) is 5.69 Å². The molecule has 0 bridgehead atoms. The Kier molecular flexibility index (Phi) is 3.12. The van der Waals surface area contributed by atoms with Gasteiger partial charge >= 0.3 is 0 Å². The summed E-state index contributed by atoms with van der Waals surface area (Å²) >= 11 is 6.03. The quantitative estimate of drug-likeness (QED) is 0.850. The van der Waals surface area contributed by atoms with Crippen LogP contribution in [0.25, 0.3) is 11.4 Å². The Hall–Kier alpha value is -2.39. The summed E-state index contributed by atoms with van der Waals surface area (Å²) in [6, 6.07) is 5.19. The molecule has 1 aliphatic rings. The van der Waals surface area contributed by atoms with Crippen LogP contribution in [0.1, 0.15) is 6.42 Å². The first-order chi connectivity index (χ1) is 9.69. The maximum atomic E-state index is 12.1. The van der Waals surface area contributed by atoms with Crippen LogP contribution in [0, 0.1) is 18.3 Å². The molecule has 7 heteroatoms. The van der Waals surface area contributed by atoms with E-state index in [4.69, 9.17) is 18.0 Å². The number of H-pyrrole nitrogens is 1. The Morgan fingerprint density at radius 3 is 3.00 bits per heavy atom. The number of terminal acetylenes is 1. The number of tetrazole rings is 1. The molecule has 1 amide bonds. The molecule has 1 unspecified atom stereocenters. The maximum Gasteiger partial charge on any atom is 0.228 e. The van der Waals surface area contributed by atoms with Gasteiger partial charge in [0.15, 0.2) is 0 Å². The van der Waals surface area contributed by atoms with E-state index in [-0.39, 0.29) is 11.8 Å². The molecule has 100 valence electrons. The Bertz CT molecular complexity index is 691. The van der Waals surface area contributed by atoms with Crippen LogP contribution in [0.3, 0.4) is 0 Å². The molecule has 0 spiro atoms. The second-order valence-corrected chi connectivity index (χ2v) is 4.91. The molecule has 1 aromatic heterocycles. The molecule has 6 nitrogen and oxygen atoms in total. The first-order valence-corrected chi connectivity index (χ1v) is 6.36. The van der Waals surface area contributed by atoms with Gasteiger partial charge in [0, 0.05) is 29.5 Å². The lowest BCUT2D eigenvalue weighted by Crippen LogP contribution is -2.25. The van der Waals surface area contributed by atoms with Crippen LogP contribution < -0.4 is 4.90 Å². The number of hydrogen-bond donors (Lipinski definition) is 1. The molecule has 1 saturated heterocycles. The van der Waals surface area contributed by atoms with Crippen molar-refractivity contribution in [3.63, 3.8) is 0 Å². The number of carbonyl (C=O) groups excluding carboxylic acids is 1. The third-order valence-corrected chi connectivity index (χ3v) is 3.43. The monoisotopic (exact) mass is 287 g/mol. The number of benzene rings is 1. The number of aromatic amines is 1. The lowest BCUT2D eigenvalue weighted by molar-refractivity contribution is -0.117. The number of carbonyl (C=O) groups is 1. The Morgan fingerprint density at radius 1 is 1.50 bits per heavy atom. The SMILES string of the molecule is C#CC1CC(=O)N(c2cc(Cl)ccc2-c2nn[nH]n2)C1. The minimum atomic E-state index is -0.0837. The van der Waals surface area contributed by atoms with Gasteiger partial charge in [0.1, 0.15) is 0 Å². The van der Waals surface area contributed by atoms with E-state index in [1.165, 1.54) is 0 Å². The molecule has 0 saturated carbocycles. The van der Waals surface area contributed by atoms with E-state index in [1.807, 2.05) is 0 Å². The van der Waals surface area contributed by atoms with E-state index in [2.05, 4.69) is 26.5 Å². The molecule has 0 aliphatic carbocycles. The van der Waals surface area contributed by atoms with Gasteiger partial charge in [-0.15, -0.1) is 22.5 Å². The van der Waals surface area contributed by atoms with Crippen molar-refractivity contribution in [2.24, 2.45) is 5.92 Å². The number of nitrogens with zero attached hydrogens (tertiary/aromatic N) is 4. The Labute approximate surface area is 120 Å². The summed E-state index contributed by atoms with van der Waals surface area (Å²) in [5, 5.41) is 14.3. The zero-order valence-electron chi connectivity index (χ0n) is 10.4. The predicted octanol–water partition coefficient (Wildman–Crippen LogP) is 1.51. The molecule has 1 N–H and O–H groups in total. The summed E-state index contributed by atoms with van der Waals surface area (Å²) < 4.78 is 0. The van der Waals surface area contributed by atoms with E-state index in [0.717, 1.165) is 0 Å². The largest absolute Gasteiger partial charge is 0.310 e. The van der Waals surface area contributed by atoms with Crippen LogP contribution in [0.2, 0.25) is 5.02 Å². The average Bonchev–Trinajstić information content (AvgIpc) is 3.07. The van der Waals surface area contributed by atoms with E-state index in [1.54, 1.807) is 23.1 Å². The smallest absolute Gasteiger partial charge is 0.228 e. The van der Waals surface area contributed by atoms with Crippen LogP contribution in [0.5, 0.6) is 0 Å². The van der Waals surface area contributed by atoms with Crippen molar-refractivity contribution in [1.29, 1.82) is 0 Å². The second kappa shape index (κ2) is 4.94. The normalized spacial score (nSPS) is 18.3. The summed E-state index contributed by atoms with van der Waals surface area (Å²) in [6.07, 6.45) is 5.75. The third-order valence-electron chi connectivity index (χ3n) is 3.20. The van der Waals surface area contributed by atoms with Gasteiger partial charge in [-0.3, -0.25) is 4.79 Å². The van der Waals surface area contributed by atoms with Gasteiger partial charge in [0.25, 0.3) is 0 Å². The number of amides is 1. The zero-order chi connectivity index (χ0) is 14.1. The van der Waals surface area contributed by atoms with E-state index in [0.29, 0.717) is 35.1 Å². The predicted molar refractivity (Wildman–Crippen MR) is 73.9 cm³/mol. The van der Waals surface area contributed by atoms with Crippen molar-refractivity contribution in [3.8, 4) is 23.7 Å². The van der Waals surface area contributed by atoms with E-state index < -0.39 is 0 Å². The number of anilines is 1. The van der Waals surface area contributed by atoms with Gasteiger partial charge in [-0.1, -0.05) is 11.6 Å². The van der Waals surface area contributed by atoms with Crippen LogP contribution in [-0.2, 0) is 4.79 Å². The topological polar surface area (TPSA) is 74.8 Å². The Balaban J connectivity index is 2.07. The molecule has 2 heterocycles. The molecular weight excluding hydrogens is 278 g/mol. The first kappa shape index (κ1) is 12.6. The van der Waals surface area contributed by atoms with Gasteiger partial charge in [-0.2, -0.15) is 5.21 Å². The number of nitrogens with one attached hydrogen (secondary N) is 1. The van der Waals surface area contributed by atoms with E-state index in [9.17, 15) is 4.79 Å². The maximum absolute atomic E-state index is 12.1. The minimum absolute atomic E-state index is 0.0278. The van der Waals surface area contributed by atoms with Crippen molar-refractivity contribution in [2.75, 3.05) is 11.4 Å². The molecule has 20 heavy (non-hydrogen) atoms. The van der Waals surface area contributed by atoms with Crippen molar-refractivity contribution in [3.05, 3.63) is 23.2 Å². The molecule has 3 rings (SSSR count). The van der Waals surface area contributed by atoms with E-state index >= 15 is 0 Å². The minimum Gasteiger partial charge on any atom is -0.310 e. The standard InChI is InChI=1S/C13H10ClN5O/c1-2-8-5-12(20)19(7-8)11-6-9(14)3-4-10(11)13-15-17-18-16-13/h1,3-4,6,8H,5,7H2,(H,15,16,17,18). The number of rotatable bonds is 2. The fourth-order valence-corrected chi connectivity index (χ4v) is 2.41. The molecule has 1 fully saturated rings. The van der Waals surface area contributed by atoms with Gasteiger partial charge in [0.2, 0.25) is 11.7 Å². The summed E-state index contributed by atoms with van der Waals surface area (Å²) in [6.45, 7) is 0.473. The van der Waals surface area contributed by atoms with Crippen molar-refractivity contribution >= 4 is 23.2 Å². The molecular formula is C13H10ClN5O. The molecule has 1 aliphatic heterocycles. The Morgan fingerprint density at radius 2 is 2.35 bits per heavy atom. The number of aromatic nitrogens is 4. The lowest BCUT2D eigenvalue weighted by atomic mass is 10.1. The highest BCUT2D eigenvalue weighted by Crippen LogP contribution is 2.34. The van der Waals surface area contributed by atoms with Crippen molar-refractivity contribution < 1.29 is 4.79 Å². The second-order valence-electron chi connectivity index (χ2n) is 4.47. The number of hydrogen-bond acceptors (Lipinski definition) is 4. The fourth-order valence-electron chi connectivity index (χ4n) is 2.25. The highest BCUT2D eigenvalue weighted by atomic mass is 35.5. The lowest BCUT2D eigenvalue weighted by Gasteiger charge is -2.19. The van der Waals surface area contributed by atoms with Crippen molar-refractivity contribution in [1.82, 2.24) is 20.6 Å². The molecule has 1 aromatic carbocycles. The third kappa shape index (κ3) is 2.12. The van der Waals surface area contributed by atoms with Gasteiger partial charge in [-0.25, -0.2) is 0 Å². The first-order valence-electron chi connectivity index (χ1n) is 5.99. The highest BCUT2D eigenvalue weighted by molar-refractivity contribution is 6.31. The van der Waals surface area contributed by atoms with Gasteiger partial charge < -0.3 is 4.90 Å². The van der Waals surface area contributed by atoms with Crippen LogP contribution in [-0.4, -0.2) is 33.1 Å². The fraction of sp³-hybridized carbons (Fsp3) is 0.231. The highest BCUT2D eigenvalue weighted by Gasteiger charge is 2.31. The zero-order valence-corrected chi connectivity index (χ0v) is 11.1. The van der Waals surface area contributed by atoms with Crippen LogP contribution >= 0.6 is 11.6 Å². The number of halogens is 1. The molecule has 1 atom stereocenters. The van der Waals surface area contributed by atoms with Crippen LogP contribution in [0.15, 0.2) is 18.2 Å². The molecule has 2 aromatic rings. The van der Waals surface area contributed by atoms with Gasteiger partial charge in [-0.05, 0) is 23.4 Å². The van der Waals surface area contributed by atoms with Crippen molar-refractivity contribution in [2.45, 2.75) is 6.42 Å².